The van der Waals surface area contributed by atoms with E-state index in [9.17, 15) is 23.1 Å². The minimum absolute atomic E-state index is 0.00792. The fourth-order valence-corrected chi connectivity index (χ4v) is 3.75. The Labute approximate surface area is 193 Å². The molecular weight excluding hydrogens is 462 g/mol. The molecule has 1 aliphatic heterocycles. The molecule has 1 aliphatic rings. The lowest BCUT2D eigenvalue weighted by Gasteiger charge is -2.25. The number of aliphatic hydroxyl groups excluding tert-OH is 1. The van der Waals surface area contributed by atoms with Crippen molar-refractivity contribution in [1.29, 1.82) is 0 Å². The van der Waals surface area contributed by atoms with Crippen LogP contribution in [0.1, 0.15) is 25.0 Å². The number of amides is 1. The predicted molar refractivity (Wildman–Crippen MR) is 121 cm³/mol. The van der Waals surface area contributed by atoms with Crippen LogP contribution in [0.3, 0.4) is 0 Å². The third-order valence-corrected chi connectivity index (χ3v) is 5.61. The van der Waals surface area contributed by atoms with Gasteiger partial charge in [0.05, 0.1) is 11.1 Å². The van der Waals surface area contributed by atoms with E-state index in [1.54, 1.807) is 19.1 Å². The summed E-state index contributed by atoms with van der Waals surface area (Å²) in [6.07, 6.45) is 0.473. The van der Waals surface area contributed by atoms with Gasteiger partial charge in [0.1, 0.15) is 5.76 Å². The van der Waals surface area contributed by atoms with E-state index in [1.807, 2.05) is 0 Å². The van der Waals surface area contributed by atoms with E-state index in [4.69, 9.17) is 23.2 Å². The number of alkyl halides is 3. The van der Waals surface area contributed by atoms with Crippen LogP contribution in [0.25, 0.3) is 16.7 Å². The van der Waals surface area contributed by atoms with Crippen LogP contribution < -0.4 is 0 Å². The van der Waals surface area contributed by atoms with Crippen molar-refractivity contribution in [3.8, 4) is 11.1 Å². The van der Waals surface area contributed by atoms with Crippen LogP contribution in [0, 0.1) is 0 Å². The SMILES string of the molecule is C=C1C(C)=CC=CN1C(=O)/C(=C(\C)O)c1ccc(Cl)c(-c2ccc(C(F)(F)F)cc2Cl)c1. The van der Waals surface area contributed by atoms with Gasteiger partial charge in [0, 0.05) is 33.1 Å². The normalized spacial score (nSPS) is 14.9. The monoisotopic (exact) mass is 479 g/mol. The average molecular weight is 480 g/mol. The zero-order valence-electron chi connectivity index (χ0n) is 17.1. The zero-order chi connectivity index (χ0) is 23.8. The van der Waals surface area contributed by atoms with Gasteiger partial charge in [0.25, 0.3) is 5.91 Å². The first kappa shape index (κ1) is 23.7. The van der Waals surface area contributed by atoms with Crippen molar-refractivity contribution in [2.24, 2.45) is 0 Å². The van der Waals surface area contributed by atoms with Gasteiger partial charge in [-0.25, -0.2) is 0 Å². The highest BCUT2D eigenvalue weighted by Crippen LogP contribution is 2.39. The van der Waals surface area contributed by atoms with Crippen molar-refractivity contribution in [1.82, 2.24) is 4.90 Å². The summed E-state index contributed by atoms with van der Waals surface area (Å²) in [5.74, 6) is -0.763. The Bertz CT molecular complexity index is 1210. The molecule has 8 heteroatoms. The highest BCUT2D eigenvalue weighted by Gasteiger charge is 2.31. The van der Waals surface area contributed by atoms with Gasteiger partial charge in [-0.1, -0.05) is 48.0 Å². The van der Waals surface area contributed by atoms with Crippen molar-refractivity contribution in [3.05, 3.63) is 99.5 Å². The van der Waals surface area contributed by atoms with Gasteiger partial charge in [0.2, 0.25) is 0 Å². The van der Waals surface area contributed by atoms with Gasteiger partial charge in [-0.05, 0) is 55.3 Å². The summed E-state index contributed by atoms with van der Waals surface area (Å²) in [6, 6.07) is 7.47. The van der Waals surface area contributed by atoms with Crippen LogP contribution in [0.5, 0.6) is 0 Å². The first-order valence-electron chi connectivity index (χ1n) is 9.36. The van der Waals surface area contributed by atoms with Gasteiger partial charge in [0.15, 0.2) is 0 Å². The summed E-state index contributed by atoms with van der Waals surface area (Å²) < 4.78 is 39.0. The van der Waals surface area contributed by atoms with E-state index in [0.717, 1.165) is 17.7 Å². The van der Waals surface area contributed by atoms with E-state index in [-0.39, 0.29) is 26.9 Å². The van der Waals surface area contributed by atoms with Crippen molar-refractivity contribution in [2.75, 3.05) is 0 Å². The molecular formula is C24H18Cl2F3NO2. The topological polar surface area (TPSA) is 40.5 Å². The Morgan fingerprint density at radius 2 is 1.75 bits per heavy atom. The van der Waals surface area contributed by atoms with E-state index in [1.165, 1.54) is 42.3 Å². The molecule has 0 spiro atoms. The molecule has 1 amide bonds. The zero-order valence-corrected chi connectivity index (χ0v) is 18.6. The Balaban J connectivity index is 2.08. The number of carbonyl (C=O) groups excluding carboxylic acids is 1. The number of allylic oxidation sites excluding steroid dienone is 4. The second kappa shape index (κ2) is 8.88. The molecule has 0 radical (unpaired) electrons. The molecule has 0 atom stereocenters. The molecule has 0 aliphatic carbocycles. The number of hydrogen-bond donors (Lipinski definition) is 1. The highest BCUT2D eigenvalue weighted by molar-refractivity contribution is 6.36. The number of benzene rings is 2. The molecule has 0 saturated heterocycles. The number of carbonyl (C=O) groups is 1. The molecule has 3 rings (SSSR count). The van der Waals surface area contributed by atoms with Crippen LogP contribution in [-0.2, 0) is 11.0 Å². The number of nitrogens with zero attached hydrogens (tertiary/aromatic N) is 1. The summed E-state index contributed by atoms with van der Waals surface area (Å²) in [7, 11) is 0. The van der Waals surface area contributed by atoms with Gasteiger partial charge in [-0.2, -0.15) is 13.2 Å². The minimum atomic E-state index is -4.54. The number of hydrogen-bond acceptors (Lipinski definition) is 2. The largest absolute Gasteiger partial charge is 0.512 e. The Kier molecular flexibility index (Phi) is 6.58. The predicted octanol–water partition coefficient (Wildman–Crippen LogP) is 7.78. The molecule has 2 aromatic rings. The van der Waals surface area contributed by atoms with Crippen LogP contribution in [0.15, 0.2) is 78.4 Å². The van der Waals surface area contributed by atoms with Crippen molar-refractivity contribution in [2.45, 2.75) is 20.0 Å². The van der Waals surface area contributed by atoms with Crippen molar-refractivity contribution < 1.29 is 23.1 Å². The second-order valence-corrected chi connectivity index (χ2v) is 7.97. The lowest BCUT2D eigenvalue weighted by Crippen LogP contribution is -2.28. The molecule has 0 saturated carbocycles. The molecule has 0 fully saturated rings. The van der Waals surface area contributed by atoms with Crippen LogP contribution in [0.2, 0.25) is 10.0 Å². The summed E-state index contributed by atoms with van der Waals surface area (Å²) in [5.41, 5.74) is 1.23. The summed E-state index contributed by atoms with van der Waals surface area (Å²) in [6.45, 7) is 7.07. The van der Waals surface area contributed by atoms with Crippen LogP contribution in [0.4, 0.5) is 13.2 Å². The fraction of sp³-hybridized carbons (Fsp3) is 0.125. The van der Waals surface area contributed by atoms with Crippen LogP contribution >= 0.6 is 23.2 Å². The van der Waals surface area contributed by atoms with Gasteiger partial charge in [-0.15, -0.1) is 0 Å². The smallest absolute Gasteiger partial charge is 0.416 e. The van der Waals surface area contributed by atoms with Crippen molar-refractivity contribution >= 4 is 34.7 Å². The molecule has 0 aromatic heterocycles. The quantitative estimate of drug-likeness (QED) is 0.360. The maximum absolute atomic E-state index is 13.2. The minimum Gasteiger partial charge on any atom is -0.512 e. The maximum atomic E-state index is 13.2. The standard InChI is InChI=1S/C24H18Cl2F3NO2/c1-13-5-4-10-30(14(13)2)23(32)22(15(3)31)16-6-9-20(25)19(11-16)18-8-7-17(12-21(18)26)24(27,28)29/h4-12,31H,2H2,1,3H3/b22-15+. The van der Waals surface area contributed by atoms with E-state index in [0.29, 0.717) is 16.8 Å². The average Bonchev–Trinajstić information content (AvgIpc) is 2.70. The molecule has 1 heterocycles. The van der Waals surface area contributed by atoms with E-state index in [2.05, 4.69) is 6.58 Å². The van der Waals surface area contributed by atoms with Crippen molar-refractivity contribution in [3.63, 3.8) is 0 Å². The van der Waals surface area contributed by atoms with E-state index < -0.39 is 17.6 Å². The third-order valence-electron chi connectivity index (χ3n) is 4.96. The number of aliphatic hydroxyl groups is 1. The number of rotatable bonds is 3. The van der Waals surface area contributed by atoms with Gasteiger partial charge in [-0.3, -0.25) is 9.69 Å². The molecule has 2 aromatic carbocycles. The van der Waals surface area contributed by atoms with Crippen LogP contribution in [-0.4, -0.2) is 15.9 Å². The molecule has 0 unspecified atom stereocenters. The number of halogens is 5. The fourth-order valence-electron chi connectivity index (χ4n) is 3.24. The Morgan fingerprint density at radius 3 is 2.34 bits per heavy atom. The lowest BCUT2D eigenvalue weighted by atomic mass is 9.96. The van der Waals surface area contributed by atoms with Gasteiger partial charge >= 0.3 is 6.18 Å². The molecule has 32 heavy (non-hydrogen) atoms. The summed E-state index contributed by atoms with van der Waals surface area (Å²) in [5, 5.41) is 10.4. The third kappa shape index (κ3) is 4.61. The highest BCUT2D eigenvalue weighted by atomic mass is 35.5. The first-order chi connectivity index (χ1) is 14.9. The Morgan fingerprint density at radius 1 is 1.06 bits per heavy atom. The molecule has 1 N–H and O–H groups in total. The first-order valence-corrected chi connectivity index (χ1v) is 10.1. The maximum Gasteiger partial charge on any atom is 0.416 e. The summed E-state index contributed by atoms with van der Waals surface area (Å²) >= 11 is 12.4. The Hall–Kier alpha value is -2.96. The molecule has 0 bridgehead atoms. The molecule has 3 nitrogen and oxygen atoms in total. The summed E-state index contributed by atoms with van der Waals surface area (Å²) in [4.78, 5) is 14.5. The lowest BCUT2D eigenvalue weighted by molar-refractivity contribution is -0.137. The second-order valence-electron chi connectivity index (χ2n) is 7.16. The molecule has 166 valence electrons. The van der Waals surface area contributed by atoms with E-state index >= 15 is 0 Å². The van der Waals surface area contributed by atoms with Gasteiger partial charge < -0.3 is 5.11 Å².